The minimum atomic E-state index is -2.90. The maximum atomic E-state index is 12.4. The molecule has 0 spiro atoms. The molecule has 106 valence electrons. The standard InChI is InChI=1S/C14H27NO2S/c1-5-11-9-18(16,17)13-8-10(14(2,3)4)6-7-12(13)15-11/h10-13,15H,5-9H2,1-4H3. The molecule has 18 heavy (non-hydrogen) atoms. The molecule has 1 aliphatic carbocycles. The summed E-state index contributed by atoms with van der Waals surface area (Å²) < 4.78 is 24.8. The Labute approximate surface area is 112 Å². The summed E-state index contributed by atoms with van der Waals surface area (Å²) >= 11 is 0. The summed E-state index contributed by atoms with van der Waals surface area (Å²) in [6, 6.07) is 0.370. The van der Waals surface area contributed by atoms with Crippen LogP contribution in [0.25, 0.3) is 0 Å². The van der Waals surface area contributed by atoms with E-state index in [9.17, 15) is 8.42 Å². The second-order valence-electron chi connectivity index (χ2n) is 7.12. The number of fused-ring (bicyclic) bond motifs is 1. The van der Waals surface area contributed by atoms with Gasteiger partial charge in [0, 0.05) is 12.1 Å². The molecule has 4 unspecified atom stereocenters. The normalized spacial score (nSPS) is 40.2. The first-order valence-corrected chi connectivity index (χ1v) is 8.93. The van der Waals surface area contributed by atoms with Gasteiger partial charge in [0.25, 0.3) is 0 Å². The number of hydrogen-bond acceptors (Lipinski definition) is 3. The number of sulfone groups is 1. The van der Waals surface area contributed by atoms with Gasteiger partial charge >= 0.3 is 0 Å². The molecular weight excluding hydrogens is 246 g/mol. The van der Waals surface area contributed by atoms with Crippen LogP contribution in [-0.2, 0) is 9.84 Å². The summed E-state index contributed by atoms with van der Waals surface area (Å²) in [7, 11) is -2.90. The highest BCUT2D eigenvalue weighted by Gasteiger charge is 2.45. The van der Waals surface area contributed by atoms with Gasteiger partial charge in [-0.15, -0.1) is 0 Å². The minimum Gasteiger partial charge on any atom is -0.309 e. The zero-order chi connectivity index (χ0) is 13.6. The van der Waals surface area contributed by atoms with E-state index in [-0.39, 0.29) is 22.7 Å². The zero-order valence-corrected chi connectivity index (χ0v) is 12.9. The van der Waals surface area contributed by atoms with Gasteiger partial charge in [0.2, 0.25) is 0 Å². The first-order valence-electron chi connectivity index (χ1n) is 7.21. The van der Waals surface area contributed by atoms with Gasteiger partial charge in [-0.05, 0) is 37.0 Å². The highest BCUT2D eigenvalue weighted by molar-refractivity contribution is 7.92. The van der Waals surface area contributed by atoms with Crippen LogP contribution < -0.4 is 5.32 Å². The van der Waals surface area contributed by atoms with Crippen LogP contribution in [-0.4, -0.2) is 31.5 Å². The summed E-state index contributed by atoms with van der Waals surface area (Å²) in [6.45, 7) is 8.76. The zero-order valence-electron chi connectivity index (χ0n) is 12.1. The molecule has 4 heteroatoms. The lowest BCUT2D eigenvalue weighted by Crippen LogP contribution is -2.59. The van der Waals surface area contributed by atoms with Gasteiger partial charge < -0.3 is 5.32 Å². The summed E-state index contributed by atoms with van der Waals surface area (Å²) in [5.41, 5.74) is 0.224. The average molecular weight is 273 g/mol. The third-order valence-corrected chi connectivity index (χ3v) is 7.16. The lowest BCUT2D eigenvalue weighted by atomic mass is 9.71. The summed E-state index contributed by atoms with van der Waals surface area (Å²) in [6.07, 6.45) is 3.93. The maximum absolute atomic E-state index is 12.4. The molecule has 3 nitrogen and oxygen atoms in total. The molecule has 0 bridgehead atoms. The van der Waals surface area contributed by atoms with Crippen molar-refractivity contribution in [1.29, 1.82) is 0 Å². The van der Waals surface area contributed by atoms with Crippen LogP contribution in [0.3, 0.4) is 0 Å². The monoisotopic (exact) mass is 273 g/mol. The van der Waals surface area contributed by atoms with Crippen molar-refractivity contribution in [2.75, 3.05) is 5.75 Å². The van der Waals surface area contributed by atoms with Gasteiger partial charge in [0.05, 0.1) is 11.0 Å². The average Bonchev–Trinajstić information content (AvgIpc) is 2.26. The van der Waals surface area contributed by atoms with Crippen molar-refractivity contribution in [2.24, 2.45) is 11.3 Å². The Kier molecular flexibility index (Phi) is 3.81. The predicted molar refractivity (Wildman–Crippen MR) is 75.4 cm³/mol. The van der Waals surface area contributed by atoms with E-state index in [2.05, 4.69) is 33.0 Å². The lowest BCUT2D eigenvalue weighted by Gasteiger charge is -2.45. The molecule has 2 fully saturated rings. The molecular formula is C14H27NO2S. The molecule has 0 amide bonds. The first kappa shape index (κ1) is 14.3. The Bertz CT molecular complexity index is 397. The van der Waals surface area contributed by atoms with Gasteiger partial charge in [-0.2, -0.15) is 0 Å². The van der Waals surface area contributed by atoms with Crippen LogP contribution in [0.1, 0.15) is 53.4 Å². The van der Waals surface area contributed by atoms with Gasteiger partial charge in [0.1, 0.15) is 0 Å². The highest BCUT2D eigenvalue weighted by Crippen LogP contribution is 2.41. The fourth-order valence-electron chi connectivity index (χ4n) is 3.49. The van der Waals surface area contributed by atoms with E-state index < -0.39 is 9.84 Å². The molecule has 0 aromatic rings. The van der Waals surface area contributed by atoms with Crippen LogP contribution >= 0.6 is 0 Å². The second-order valence-corrected chi connectivity index (χ2v) is 9.39. The van der Waals surface area contributed by atoms with Crippen LogP contribution in [0.15, 0.2) is 0 Å². The van der Waals surface area contributed by atoms with Crippen LogP contribution in [0.4, 0.5) is 0 Å². The van der Waals surface area contributed by atoms with Crippen molar-refractivity contribution >= 4 is 9.84 Å². The highest BCUT2D eigenvalue weighted by atomic mass is 32.2. The predicted octanol–water partition coefficient (Wildman–Crippen LogP) is 2.37. The molecule has 4 atom stereocenters. The molecule has 1 heterocycles. The summed E-state index contributed by atoms with van der Waals surface area (Å²) in [5, 5.41) is 3.41. The van der Waals surface area contributed by atoms with Crippen molar-refractivity contribution in [3.8, 4) is 0 Å². The number of nitrogens with one attached hydrogen (secondary N) is 1. The maximum Gasteiger partial charge on any atom is 0.156 e. The lowest BCUT2D eigenvalue weighted by molar-refractivity contribution is 0.154. The Hall–Kier alpha value is -0.0900. The van der Waals surface area contributed by atoms with Crippen molar-refractivity contribution in [2.45, 2.75) is 70.7 Å². The van der Waals surface area contributed by atoms with Gasteiger partial charge in [0.15, 0.2) is 9.84 Å². The second kappa shape index (κ2) is 4.78. The van der Waals surface area contributed by atoms with E-state index in [0.29, 0.717) is 11.7 Å². The fraction of sp³-hybridized carbons (Fsp3) is 1.00. The fourth-order valence-corrected chi connectivity index (χ4v) is 5.87. The Morgan fingerprint density at radius 3 is 2.44 bits per heavy atom. The van der Waals surface area contributed by atoms with Crippen LogP contribution in [0, 0.1) is 11.3 Å². The van der Waals surface area contributed by atoms with E-state index in [1.807, 2.05) is 0 Å². The molecule has 0 radical (unpaired) electrons. The molecule has 1 saturated heterocycles. The van der Waals surface area contributed by atoms with Gasteiger partial charge in [-0.3, -0.25) is 0 Å². The van der Waals surface area contributed by atoms with E-state index in [1.54, 1.807) is 0 Å². The van der Waals surface area contributed by atoms with Crippen LogP contribution in [0.2, 0.25) is 0 Å². The van der Waals surface area contributed by atoms with Crippen molar-refractivity contribution in [3.05, 3.63) is 0 Å². The Morgan fingerprint density at radius 2 is 1.89 bits per heavy atom. The molecule has 2 aliphatic rings. The van der Waals surface area contributed by atoms with Crippen molar-refractivity contribution < 1.29 is 8.42 Å². The largest absolute Gasteiger partial charge is 0.309 e. The van der Waals surface area contributed by atoms with E-state index >= 15 is 0 Å². The van der Waals surface area contributed by atoms with Gasteiger partial charge in [-0.1, -0.05) is 27.7 Å². The molecule has 0 aromatic carbocycles. The third-order valence-electron chi connectivity index (χ3n) is 4.85. The van der Waals surface area contributed by atoms with Gasteiger partial charge in [-0.25, -0.2) is 8.42 Å². The number of rotatable bonds is 1. The van der Waals surface area contributed by atoms with Crippen LogP contribution in [0.5, 0.6) is 0 Å². The first-order chi connectivity index (χ1) is 8.24. The Morgan fingerprint density at radius 1 is 1.22 bits per heavy atom. The number of hydrogen-bond donors (Lipinski definition) is 1. The molecule has 2 rings (SSSR count). The summed E-state index contributed by atoms with van der Waals surface area (Å²) in [5.74, 6) is 0.871. The van der Waals surface area contributed by atoms with Crippen molar-refractivity contribution in [3.63, 3.8) is 0 Å². The molecule has 1 aliphatic heterocycles. The SMILES string of the molecule is CCC1CS(=O)(=O)C2CC(C(C)(C)C)CCC2N1. The van der Waals surface area contributed by atoms with E-state index in [1.165, 1.54) is 0 Å². The molecule has 1 N–H and O–H groups in total. The van der Waals surface area contributed by atoms with E-state index in [0.717, 1.165) is 25.7 Å². The molecule has 0 aromatic heterocycles. The Balaban J connectivity index is 2.17. The van der Waals surface area contributed by atoms with Crippen molar-refractivity contribution in [1.82, 2.24) is 5.32 Å². The van der Waals surface area contributed by atoms with E-state index in [4.69, 9.17) is 0 Å². The minimum absolute atomic E-state index is 0.140. The quantitative estimate of drug-likeness (QED) is 0.798. The smallest absolute Gasteiger partial charge is 0.156 e. The summed E-state index contributed by atoms with van der Waals surface area (Å²) in [4.78, 5) is 0. The molecule has 1 saturated carbocycles. The topological polar surface area (TPSA) is 46.2 Å². The third kappa shape index (κ3) is 2.74.